The monoisotopic (exact) mass is 440 g/mol. The number of hydrogen-bond donors (Lipinski definition) is 0. The molecule has 8 nitrogen and oxygen atoms in total. The molecule has 0 unspecified atom stereocenters. The smallest absolute Gasteiger partial charge is 0.325 e. The summed E-state index contributed by atoms with van der Waals surface area (Å²) in [5, 5.41) is 4.70. The maximum Gasteiger partial charge on any atom is 0.325 e. The van der Waals surface area contributed by atoms with Crippen LogP contribution in [0.2, 0.25) is 5.02 Å². The first-order valence-corrected chi connectivity index (χ1v) is 11.0. The van der Waals surface area contributed by atoms with Gasteiger partial charge in [0.15, 0.2) is 0 Å². The van der Waals surface area contributed by atoms with Gasteiger partial charge in [-0.25, -0.2) is 9.78 Å². The lowest BCUT2D eigenvalue weighted by atomic mass is 9.91. The Balaban J connectivity index is 1.72. The summed E-state index contributed by atoms with van der Waals surface area (Å²) in [7, 11) is 0. The molecule has 0 atom stereocenters. The lowest BCUT2D eigenvalue weighted by Crippen LogP contribution is -2.54. The Kier molecular flexibility index (Phi) is 4.58. The number of benzene rings is 1. The molecule has 5 rings (SSSR count). The van der Waals surface area contributed by atoms with Gasteiger partial charge < -0.3 is 9.42 Å². The summed E-state index contributed by atoms with van der Waals surface area (Å²) in [5.74, 6) is 1.09. The Morgan fingerprint density at radius 2 is 1.97 bits per heavy atom. The van der Waals surface area contributed by atoms with Crippen molar-refractivity contribution < 1.29 is 9.32 Å². The van der Waals surface area contributed by atoms with Crippen molar-refractivity contribution in [1.82, 2.24) is 24.6 Å². The van der Waals surface area contributed by atoms with Gasteiger partial charge in [0.25, 0.3) is 0 Å². The van der Waals surface area contributed by atoms with Gasteiger partial charge in [0.2, 0.25) is 11.7 Å². The van der Waals surface area contributed by atoms with Crippen molar-refractivity contribution in [2.24, 2.45) is 0 Å². The van der Waals surface area contributed by atoms with Crippen LogP contribution in [0.5, 0.6) is 0 Å². The molecular weight excluding hydrogens is 416 g/mol. The average molecular weight is 441 g/mol. The topological polar surface area (TPSA) is 80.3 Å². The number of anilines is 1. The molecule has 3 aromatic rings. The highest BCUT2D eigenvalue weighted by Crippen LogP contribution is 2.48. The van der Waals surface area contributed by atoms with Crippen LogP contribution in [0.15, 0.2) is 29.0 Å². The van der Waals surface area contributed by atoms with E-state index >= 15 is 0 Å². The number of amides is 2. The van der Waals surface area contributed by atoms with Gasteiger partial charge in [0.1, 0.15) is 12.0 Å². The highest BCUT2D eigenvalue weighted by Gasteiger charge is 2.47. The molecule has 1 saturated heterocycles. The first-order valence-electron chi connectivity index (χ1n) is 10.6. The SMILES string of the molecule is CC(C)c1nc(-c2ncn3c2C(C)(C)N(C(=O)N2CCCC2)c2c(Cl)cccc2-3)no1. The van der Waals surface area contributed by atoms with Gasteiger partial charge in [0, 0.05) is 19.0 Å². The molecule has 0 spiro atoms. The van der Waals surface area contributed by atoms with E-state index < -0.39 is 5.54 Å². The van der Waals surface area contributed by atoms with Crippen LogP contribution in [0.3, 0.4) is 0 Å². The predicted octanol–water partition coefficient (Wildman–Crippen LogP) is 4.97. The number of rotatable bonds is 2. The largest absolute Gasteiger partial charge is 0.339 e. The number of imidazole rings is 1. The Morgan fingerprint density at radius 3 is 2.65 bits per heavy atom. The van der Waals surface area contributed by atoms with E-state index in [9.17, 15) is 4.79 Å². The third-order valence-corrected chi connectivity index (χ3v) is 6.37. The highest BCUT2D eigenvalue weighted by atomic mass is 35.5. The number of carbonyl (C=O) groups excluding carboxylic acids is 1. The van der Waals surface area contributed by atoms with Crippen LogP contribution in [0.4, 0.5) is 10.5 Å². The number of urea groups is 1. The van der Waals surface area contributed by atoms with Gasteiger partial charge in [-0.1, -0.05) is 36.7 Å². The van der Waals surface area contributed by atoms with Gasteiger partial charge in [0.05, 0.1) is 27.6 Å². The van der Waals surface area contributed by atoms with E-state index in [1.807, 2.05) is 55.4 Å². The van der Waals surface area contributed by atoms with Crippen LogP contribution >= 0.6 is 11.6 Å². The summed E-state index contributed by atoms with van der Waals surface area (Å²) in [6.45, 7) is 9.51. The molecule has 162 valence electrons. The summed E-state index contributed by atoms with van der Waals surface area (Å²) in [6.07, 6.45) is 3.77. The van der Waals surface area contributed by atoms with Crippen molar-refractivity contribution >= 4 is 23.3 Å². The van der Waals surface area contributed by atoms with Gasteiger partial charge in [-0.05, 0) is 38.8 Å². The van der Waals surface area contributed by atoms with Crippen LogP contribution in [0.1, 0.15) is 58.0 Å². The summed E-state index contributed by atoms with van der Waals surface area (Å²) in [5.41, 5.74) is 2.18. The molecule has 4 heterocycles. The van der Waals surface area contributed by atoms with E-state index in [2.05, 4.69) is 15.1 Å². The first-order chi connectivity index (χ1) is 14.8. The second-order valence-corrected chi connectivity index (χ2v) is 9.31. The minimum atomic E-state index is -0.748. The highest BCUT2D eigenvalue weighted by molar-refractivity contribution is 6.34. The van der Waals surface area contributed by atoms with Crippen LogP contribution in [-0.2, 0) is 5.54 Å². The molecule has 2 aliphatic heterocycles. The molecule has 0 N–H and O–H groups in total. The Bertz CT molecular complexity index is 1160. The quantitative estimate of drug-likeness (QED) is 0.562. The molecule has 2 aromatic heterocycles. The molecule has 2 amide bonds. The van der Waals surface area contributed by atoms with Crippen molar-refractivity contribution in [3.05, 3.63) is 41.1 Å². The summed E-state index contributed by atoms with van der Waals surface area (Å²) in [4.78, 5) is 26.6. The molecule has 0 saturated carbocycles. The lowest BCUT2D eigenvalue weighted by molar-refractivity contribution is 0.207. The summed E-state index contributed by atoms with van der Waals surface area (Å²) in [6, 6.07) is 5.60. The van der Waals surface area contributed by atoms with Crippen molar-refractivity contribution in [1.29, 1.82) is 0 Å². The Labute approximate surface area is 185 Å². The first kappa shape index (κ1) is 20.1. The van der Waals surface area contributed by atoms with Gasteiger partial charge in [-0.15, -0.1) is 0 Å². The summed E-state index contributed by atoms with van der Waals surface area (Å²) >= 11 is 6.66. The second-order valence-electron chi connectivity index (χ2n) is 8.90. The van der Waals surface area contributed by atoms with Crippen molar-refractivity contribution in [3.63, 3.8) is 0 Å². The fraction of sp³-hybridized carbons (Fsp3) is 0.455. The maximum atomic E-state index is 13.7. The number of hydrogen-bond acceptors (Lipinski definition) is 5. The lowest BCUT2D eigenvalue weighted by Gasteiger charge is -2.45. The van der Waals surface area contributed by atoms with Gasteiger partial charge in [-0.2, -0.15) is 4.98 Å². The zero-order valence-corrected chi connectivity index (χ0v) is 18.8. The second kappa shape index (κ2) is 7.09. The fourth-order valence-electron chi connectivity index (χ4n) is 4.53. The number of likely N-dealkylation sites (tertiary alicyclic amines) is 1. The third-order valence-electron chi connectivity index (χ3n) is 6.07. The molecule has 1 aromatic carbocycles. The molecule has 0 bridgehead atoms. The number of aromatic nitrogens is 4. The molecule has 31 heavy (non-hydrogen) atoms. The number of halogens is 1. The Hall–Kier alpha value is -2.87. The minimum Gasteiger partial charge on any atom is -0.339 e. The van der Waals surface area contributed by atoms with Crippen LogP contribution in [-0.4, -0.2) is 43.7 Å². The van der Waals surface area contributed by atoms with Gasteiger partial charge in [-0.3, -0.25) is 9.47 Å². The normalized spacial score (nSPS) is 17.2. The van der Waals surface area contributed by atoms with Crippen molar-refractivity contribution in [2.45, 2.75) is 52.0 Å². The Morgan fingerprint density at radius 1 is 1.23 bits per heavy atom. The van der Waals surface area contributed by atoms with E-state index in [1.54, 1.807) is 11.2 Å². The van der Waals surface area contributed by atoms with E-state index in [-0.39, 0.29) is 11.9 Å². The van der Waals surface area contributed by atoms with Crippen LogP contribution in [0, 0.1) is 0 Å². The van der Waals surface area contributed by atoms with Gasteiger partial charge >= 0.3 is 6.03 Å². The van der Waals surface area contributed by atoms with E-state index in [0.29, 0.717) is 28.1 Å². The van der Waals surface area contributed by atoms with Crippen molar-refractivity contribution in [2.75, 3.05) is 18.0 Å². The molecule has 0 radical (unpaired) electrons. The third kappa shape index (κ3) is 2.96. The molecule has 2 aliphatic rings. The predicted molar refractivity (Wildman–Crippen MR) is 118 cm³/mol. The maximum absolute atomic E-state index is 13.7. The average Bonchev–Trinajstić information content (AvgIpc) is 3.47. The van der Waals surface area contributed by atoms with E-state index in [4.69, 9.17) is 16.1 Å². The number of fused-ring (bicyclic) bond motifs is 3. The standard InChI is InChI=1S/C22H25ClN6O2/c1-13(2)20-25-19(26-31-20)16-18-22(3,4)29(21(30)27-10-5-6-11-27)17-14(23)8-7-9-15(17)28(18)12-24-16/h7-9,12-13H,5-6,10-11H2,1-4H3. The van der Waals surface area contributed by atoms with E-state index in [0.717, 1.165) is 37.3 Å². The van der Waals surface area contributed by atoms with Crippen LogP contribution < -0.4 is 4.90 Å². The molecule has 1 fully saturated rings. The number of carbonyl (C=O) groups is 1. The molecule has 9 heteroatoms. The fourth-order valence-corrected chi connectivity index (χ4v) is 4.79. The molecular formula is C22H25ClN6O2. The minimum absolute atomic E-state index is 0.0498. The zero-order valence-electron chi connectivity index (χ0n) is 18.1. The van der Waals surface area contributed by atoms with Crippen LogP contribution in [0.25, 0.3) is 17.2 Å². The number of nitrogens with zero attached hydrogens (tertiary/aromatic N) is 6. The zero-order chi connectivity index (χ0) is 21.9. The number of para-hydroxylation sites is 1. The molecule has 0 aliphatic carbocycles. The van der Waals surface area contributed by atoms with Crippen molar-refractivity contribution in [3.8, 4) is 17.2 Å². The summed E-state index contributed by atoms with van der Waals surface area (Å²) < 4.78 is 7.41. The van der Waals surface area contributed by atoms with E-state index in [1.165, 1.54) is 0 Å².